The van der Waals surface area contributed by atoms with Gasteiger partial charge in [-0.2, -0.15) is 0 Å². The van der Waals surface area contributed by atoms with Crippen LogP contribution in [0, 0.1) is 5.41 Å². The highest BCUT2D eigenvalue weighted by Crippen LogP contribution is 2.26. The Morgan fingerprint density at radius 3 is 2.39 bits per heavy atom. The lowest BCUT2D eigenvalue weighted by molar-refractivity contribution is -0.125. The van der Waals surface area contributed by atoms with Crippen molar-refractivity contribution in [2.45, 2.75) is 26.7 Å². The van der Waals surface area contributed by atoms with E-state index in [1.807, 2.05) is 19.9 Å². The van der Waals surface area contributed by atoms with Gasteiger partial charge >= 0.3 is 0 Å². The van der Waals surface area contributed by atoms with Gasteiger partial charge in [0.25, 0.3) is 0 Å². The Hall–Kier alpha value is -0.840. The van der Waals surface area contributed by atoms with Crippen molar-refractivity contribution in [1.82, 2.24) is 4.98 Å². The first-order valence-corrected chi connectivity index (χ1v) is 5.60. The van der Waals surface area contributed by atoms with E-state index in [4.69, 9.17) is 5.73 Å². The number of nitrogens with two attached hydrogens (primary N) is 1. The maximum atomic E-state index is 12.1. The van der Waals surface area contributed by atoms with Gasteiger partial charge < -0.3 is 11.1 Å². The van der Waals surface area contributed by atoms with Crippen molar-refractivity contribution in [3.63, 3.8) is 0 Å². The predicted octanol–water partition coefficient (Wildman–Crippen LogP) is 2.63. The van der Waals surface area contributed by atoms with Crippen LogP contribution in [-0.2, 0) is 4.79 Å². The maximum absolute atomic E-state index is 12.1. The molecule has 0 fully saturated rings. The molecule has 3 N–H and O–H groups in total. The van der Waals surface area contributed by atoms with Gasteiger partial charge in [-0.1, -0.05) is 13.8 Å². The molecule has 0 radical (unpaired) electrons. The van der Waals surface area contributed by atoms with Gasteiger partial charge in [-0.05, 0) is 25.0 Å². The Kier molecular flexibility index (Phi) is 9.90. The van der Waals surface area contributed by atoms with Crippen LogP contribution in [0.4, 0.5) is 5.69 Å². The van der Waals surface area contributed by atoms with Crippen molar-refractivity contribution in [3.05, 3.63) is 24.5 Å². The molecule has 0 aliphatic carbocycles. The van der Waals surface area contributed by atoms with E-state index in [0.29, 0.717) is 12.2 Å². The van der Waals surface area contributed by atoms with E-state index in [2.05, 4.69) is 10.3 Å². The van der Waals surface area contributed by atoms with Crippen LogP contribution in [0.1, 0.15) is 26.7 Å². The molecule has 18 heavy (non-hydrogen) atoms. The van der Waals surface area contributed by atoms with Crippen LogP contribution in [-0.4, -0.2) is 17.4 Å². The second-order valence-corrected chi connectivity index (χ2v) is 3.89. The molecule has 0 aliphatic heterocycles. The minimum absolute atomic E-state index is 0. The van der Waals surface area contributed by atoms with E-state index in [9.17, 15) is 4.79 Å². The van der Waals surface area contributed by atoms with Gasteiger partial charge in [-0.15, -0.1) is 24.8 Å². The molecule has 104 valence electrons. The minimum Gasteiger partial charge on any atom is -0.329 e. The number of carbonyl (C=O) groups excluding carboxylic acids is 1. The fraction of sp³-hybridized carbons (Fsp3) is 0.500. The Morgan fingerprint density at radius 1 is 1.39 bits per heavy atom. The molecule has 0 unspecified atom stereocenters. The quantitative estimate of drug-likeness (QED) is 0.877. The minimum atomic E-state index is -0.462. The number of nitrogens with one attached hydrogen (secondary N) is 1. The van der Waals surface area contributed by atoms with Gasteiger partial charge in [0.1, 0.15) is 0 Å². The van der Waals surface area contributed by atoms with Crippen molar-refractivity contribution in [2.75, 3.05) is 11.9 Å². The summed E-state index contributed by atoms with van der Waals surface area (Å²) in [6.07, 6.45) is 4.79. The molecule has 0 bridgehead atoms. The normalized spacial score (nSPS) is 9.94. The van der Waals surface area contributed by atoms with Crippen LogP contribution < -0.4 is 11.1 Å². The first-order valence-electron chi connectivity index (χ1n) is 5.60. The molecule has 0 aliphatic rings. The highest BCUT2D eigenvalue weighted by atomic mass is 35.5. The summed E-state index contributed by atoms with van der Waals surface area (Å²) >= 11 is 0. The lowest BCUT2D eigenvalue weighted by Gasteiger charge is -2.28. The largest absolute Gasteiger partial charge is 0.329 e. The van der Waals surface area contributed by atoms with Gasteiger partial charge in [-0.3, -0.25) is 9.78 Å². The summed E-state index contributed by atoms with van der Waals surface area (Å²) in [4.78, 5) is 16.1. The number of nitrogens with zero attached hydrogens (tertiary/aromatic N) is 1. The number of carbonyl (C=O) groups is 1. The van der Waals surface area contributed by atoms with Gasteiger partial charge in [-0.25, -0.2) is 0 Å². The second kappa shape index (κ2) is 9.14. The third-order valence-electron chi connectivity index (χ3n) is 3.15. The van der Waals surface area contributed by atoms with Gasteiger partial charge in [0.05, 0.1) is 17.3 Å². The Labute approximate surface area is 121 Å². The lowest BCUT2D eigenvalue weighted by Crippen LogP contribution is -2.41. The highest BCUT2D eigenvalue weighted by Gasteiger charge is 2.33. The molecule has 0 atom stereocenters. The van der Waals surface area contributed by atoms with Gasteiger partial charge in [0.15, 0.2) is 0 Å². The Bertz CT molecular complexity index is 334. The van der Waals surface area contributed by atoms with E-state index in [-0.39, 0.29) is 30.7 Å². The third kappa shape index (κ3) is 4.44. The van der Waals surface area contributed by atoms with E-state index in [0.717, 1.165) is 12.8 Å². The monoisotopic (exact) mass is 293 g/mol. The van der Waals surface area contributed by atoms with Crippen molar-refractivity contribution in [2.24, 2.45) is 11.1 Å². The van der Waals surface area contributed by atoms with Crippen LogP contribution in [0.5, 0.6) is 0 Å². The van der Waals surface area contributed by atoms with E-state index < -0.39 is 5.41 Å². The third-order valence-corrected chi connectivity index (χ3v) is 3.15. The highest BCUT2D eigenvalue weighted by molar-refractivity contribution is 5.95. The zero-order chi connectivity index (χ0) is 12.0. The smallest absolute Gasteiger partial charge is 0.231 e. The summed E-state index contributed by atoms with van der Waals surface area (Å²) in [5.74, 6) is -0.0204. The second-order valence-electron chi connectivity index (χ2n) is 3.89. The molecule has 4 nitrogen and oxygen atoms in total. The molecule has 1 heterocycles. The first kappa shape index (κ1) is 19.5. The number of halogens is 2. The zero-order valence-electron chi connectivity index (χ0n) is 10.7. The predicted molar refractivity (Wildman–Crippen MR) is 79.4 cm³/mol. The van der Waals surface area contributed by atoms with E-state index in [1.54, 1.807) is 18.5 Å². The molecule has 0 saturated carbocycles. The molecule has 1 amide bonds. The molecular weight excluding hydrogens is 273 g/mol. The van der Waals surface area contributed by atoms with Crippen LogP contribution in [0.3, 0.4) is 0 Å². The molecule has 1 rings (SSSR count). The number of amides is 1. The van der Waals surface area contributed by atoms with Crippen molar-refractivity contribution < 1.29 is 4.79 Å². The number of hydrogen-bond donors (Lipinski definition) is 2. The molecule has 1 aromatic rings. The fourth-order valence-corrected chi connectivity index (χ4v) is 1.65. The molecule has 0 spiro atoms. The van der Waals surface area contributed by atoms with Crippen molar-refractivity contribution in [3.8, 4) is 0 Å². The van der Waals surface area contributed by atoms with Gasteiger partial charge in [0.2, 0.25) is 5.91 Å². The standard InChI is InChI=1S/C12H19N3O.2ClH/c1-3-12(4-2,9-13)11(16)15-10-6-5-7-14-8-10;;/h5-8H,3-4,9,13H2,1-2H3,(H,15,16);2*1H. The van der Waals surface area contributed by atoms with Crippen LogP contribution in [0.2, 0.25) is 0 Å². The fourth-order valence-electron chi connectivity index (χ4n) is 1.65. The van der Waals surface area contributed by atoms with E-state index >= 15 is 0 Å². The summed E-state index contributed by atoms with van der Waals surface area (Å²) in [6.45, 7) is 4.34. The SMILES string of the molecule is CCC(CC)(CN)C(=O)Nc1cccnc1.Cl.Cl. The number of anilines is 1. The van der Waals surface area contributed by atoms with E-state index in [1.165, 1.54) is 0 Å². The number of rotatable bonds is 5. The number of aromatic nitrogens is 1. The Morgan fingerprint density at radius 2 is 2.00 bits per heavy atom. The average molecular weight is 294 g/mol. The van der Waals surface area contributed by atoms with Crippen LogP contribution in [0.15, 0.2) is 24.5 Å². The summed E-state index contributed by atoms with van der Waals surface area (Å²) in [7, 11) is 0. The topological polar surface area (TPSA) is 68.0 Å². The summed E-state index contributed by atoms with van der Waals surface area (Å²) in [5.41, 5.74) is 5.96. The molecular formula is C12H21Cl2N3O. The van der Waals surface area contributed by atoms with Crippen LogP contribution >= 0.6 is 24.8 Å². The first-order chi connectivity index (χ1) is 7.68. The Balaban J connectivity index is 0. The molecule has 0 aromatic carbocycles. The summed E-state index contributed by atoms with van der Waals surface area (Å²) < 4.78 is 0. The lowest BCUT2D eigenvalue weighted by atomic mass is 9.81. The molecule has 1 aromatic heterocycles. The summed E-state index contributed by atoms with van der Waals surface area (Å²) in [6, 6.07) is 3.61. The molecule has 0 saturated heterocycles. The van der Waals surface area contributed by atoms with Crippen molar-refractivity contribution >= 4 is 36.4 Å². The number of pyridine rings is 1. The molecule has 6 heteroatoms. The summed E-state index contributed by atoms with van der Waals surface area (Å²) in [5, 5.41) is 2.85. The maximum Gasteiger partial charge on any atom is 0.231 e. The average Bonchev–Trinajstić information content (AvgIpc) is 2.33. The van der Waals surface area contributed by atoms with Crippen LogP contribution in [0.25, 0.3) is 0 Å². The van der Waals surface area contributed by atoms with Gasteiger partial charge in [0, 0.05) is 12.7 Å². The number of hydrogen-bond acceptors (Lipinski definition) is 3. The zero-order valence-corrected chi connectivity index (χ0v) is 12.3. The van der Waals surface area contributed by atoms with Crippen molar-refractivity contribution in [1.29, 1.82) is 0 Å².